The van der Waals surface area contributed by atoms with Crippen molar-refractivity contribution < 1.29 is 4.79 Å². The van der Waals surface area contributed by atoms with E-state index in [0.29, 0.717) is 12.6 Å². The number of piperidine rings is 1. The molecule has 2 rings (SSSR count). The van der Waals surface area contributed by atoms with Gasteiger partial charge < -0.3 is 10.2 Å². The van der Waals surface area contributed by atoms with Crippen LogP contribution in [0.25, 0.3) is 0 Å². The summed E-state index contributed by atoms with van der Waals surface area (Å²) in [5.74, 6) is -0.0482. The Morgan fingerprint density at radius 2 is 2.21 bits per heavy atom. The van der Waals surface area contributed by atoms with Gasteiger partial charge in [0.25, 0.3) is 0 Å². The fraction of sp³-hybridized carbons (Fsp3) is 0.867. The minimum atomic E-state index is -0.696. The second-order valence-electron chi connectivity index (χ2n) is 6.04. The van der Waals surface area contributed by atoms with E-state index in [1.54, 1.807) is 0 Å². The number of amides is 1. The largest absolute Gasteiger partial charge is 0.355 e. The van der Waals surface area contributed by atoms with Gasteiger partial charge in [0.05, 0.1) is 6.07 Å². The van der Waals surface area contributed by atoms with Gasteiger partial charge in [0.15, 0.2) is 0 Å². The summed E-state index contributed by atoms with van der Waals surface area (Å²) in [6.07, 6.45) is 7.40. The van der Waals surface area contributed by atoms with Crippen LogP contribution in [0.4, 0.5) is 0 Å². The van der Waals surface area contributed by atoms with Crippen LogP contribution in [0.1, 0.15) is 51.9 Å². The van der Waals surface area contributed by atoms with Crippen molar-refractivity contribution in [2.24, 2.45) is 5.41 Å². The normalized spacial score (nSPS) is 26.2. The van der Waals surface area contributed by atoms with Crippen LogP contribution in [0, 0.1) is 16.7 Å². The molecule has 106 valence electrons. The Morgan fingerprint density at radius 1 is 1.42 bits per heavy atom. The summed E-state index contributed by atoms with van der Waals surface area (Å²) in [6, 6.07) is 2.87. The van der Waals surface area contributed by atoms with Gasteiger partial charge in [-0.2, -0.15) is 5.26 Å². The predicted molar refractivity (Wildman–Crippen MR) is 74.4 cm³/mol. The lowest BCUT2D eigenvalue weighted by molar-refractivity contribution is -0.131. The molecule has 1 atom stereocenters. The number of carbonyl (C=O) groups excluding carboxylic acids is 1. The van der Waals surface area contributed by atoms with Gasteiger partial charge in [0.2, 0.25) is 5.91 Å². The second-order valence-corrected chi connectivity index (χ2v) is 6.04. The molecule has 1 aliphatic heterocycles. The third-order valence-electron chi connectivity index (χ3n) is 4.70. The summed E-state index contributed by atoms with van der Waals surface area (Å²) in [6.45, 7) is 5.24. The molecule has 0 aromatic carbocycles. The fourth-order valence-corrected chi connectivity index (χ4v) is 3.06. The summed E-state index contributed by atoms with van der Waals surface area (Å²) >= 11 is 0. The van der Waals surface area contributed by atoms with Crippen LogP contribution in [-0.4, -0.2) is 36.5 Å². The molecular weight excluding hydrogens is 238 g/mol. The number of hydrogen-bond donors (Lipinski definition) is 1. The molecule has 0 radical (unpaired) electrons. The lowest BCUT2D eigenvalue weighted by Crippen LogP contribution is -2.45. The molecule has 1 saturated carbocycles. The minimum absolute atomic E-state index is 0.0482. The zero-order valence-corrected chi connectivity index (χ0v) is 12.0. The van der Waals surface area contributed by atoms with E-state index in [-0.39, 0.29) is 5.91 Å². The van der Waals surface area contributed by atoms with Crippen LogP contribution in [-0.2, 0) is 4.79 Å². The first-order chi connectivity index (χ1) is 9.18. The van der Waals surface area contributed by atoms with Gasteiger partial charge in [-0.3, -0.25) is 4.79 Å². The molecule has 1 amide bonds. The highest BCUT2D eigenvalue weighted by Crippen LogP contribution is 2.40. The molecule has 0 aromatic heterocycles. The number of nitrogens with zero attached hydrogens (tertiary/aromatic N) is 2. The maximum atomic E-state index is 11.9. The number of nitriles is 1. The quantitative estimate of drug-likeness (QED) is 0.772. The molecule has 0 spiro atoms. The van der Waals surface area contributed by atoms with Crippen molar-refractivity contribution in [1.29, 1.82) is 5.26 Å². The fourth-order valence-electron chi connectivity index (χ4n) is 3.06. The van der Waals surface area contributed by atoms with Crippen molar-refractivity contribution in [2.75, 3.05) is 19.6 Å². The average molecular weight is 263 g/mol. The Hall–Kier alpha value is -1.08. The summed E-state index contributed by atoms with van der Waals surface area (Å²) in [5, 5.41) is 12.0. The van der Waals surface area contributed by atoms with Crippen molar-refractivity contribution >= 4 is 5.91 Å². The molecule has 4 nitrogen and oxygen atoms in total. The van der Waals surface area contributed by atoms with Crippen molar-refractivity contribution in [3.63, 3.8) is 0 Å². The van der Waals surface area contributed by atoms with E-state index in [0.717, 1.165) is 32.2 Å². The Morgan fingerprint density at radius 3 is 2.79 bits per heavy atom. The predicted octanol–water partition coefficient (Wildman–Crippen LogP) is 2.06. The zero-order valence-electron chi connectivity index (χ0n) is 12.0. The number of carbonyl (C=O) groups is 1. The maximum Gasteiger partial charge on any atom is 0.240 e. The SMILES string of the molecule is CC1CCCCN1CCCNC(=O)C1(C#N)CCC1. The van der Waals surface area contributed by atoms with Crippen LogP contribution >= 0.6 is 0 Å². The van der Waals surface area contributed by atoms with Crippen molar-refractivity contribution in [2.45, 2.75) is 57.9 Å². The van der Waals surface area contributed by atoms with Gasteiger partial charge in [-0.05, 0) is 52.0 Å². The van der Waals surface area contributed by atoms with E-state index < -0.39 is 5.41 Å². The van der Waals surface area contributed by atoms with Crippen LogP contribution in [0.2, 0.25) is 0 Å². The van der Waals surface area contributed by atoms with E-state index in [1.807, 2.05) is 0 Å². The maximum absolute atomic E-state index is 11.9. The smallest absolute Gasteiger partial charge is 0.240 e. The van der Waals surface area contributed by atoms with Crippen LogP contribution < -0.4 is 5.32 Å². The molecule has 2 aliphatic rings. The molecule has 0 bridgehead atoms. The van der Waals surface area contributed by atoms with E-state index >= 15 is 0 Å². The number of rotatable bonds is 5. The lowest BCUT2D eigenvalue weighted by Gasteiger charge is -2.34. The zero-order chi connectivity index (χ0) is 13.7. The summed E-state index contributed by atoms with van der Waals surface area (Å²) in [7, 11) is 0. The topological polar surface area (TPSA) is 56.1 Å². The first-order valence-corrected chi connectivity index (χ1v) is 7.61. The third kappa shape index (κ3) is 3.27. The summed E-state index contributed by atoms with van der Waals surface area (Å²) in [5.41, 5.74) is -0.696. The van der Waals surface area contributed by atoms with Gasteiger partial charge in [-0.15, -0.1) is 0 Å². The highest BCUT2D eigenvalue weighted by molar-refractivity contribution is 5.86. The van der Waals surface area contributed by atoms with Gasteiger partial charge in [-0.1, -0.05) is 6.42 Å². The molecule has 1 heterocycles. The molecule has 1 aliphatic carbocycles. The van der Waals surface area contributed by atoms with Crippen molar-refractivity contribution in [3.05, 3.63) is 0 Å². The van der Waals surface area contributed by atoms with Gasteiger partial charge in [0.1, 0.15) is 5.41 Å². The molecule has 1 saturated heterocycles. The van der Waals surface area contributed by atoms with E-state index in [9.17, 15) is 4.79 Å². The summed E-state index contributed by atoms with van der Waals surface area (Å²) < 4.78 is 0. The molecule has 4 heteroatoms. The van der Waals surface area contributed by atoms with E-state index in [1.165, 1.54) is 25.8 Å². The Bertz CT molecular complexity index is 357. The van der Waals surface area contributed by atoms with Crippen LogP contribution in [0.15, 0.2) is 0 Å². The molecular formula is C15H25N3O. The van der Waals surface area contributed by atoms with Gasteiger partial charge in [0, 0.05) is 19.1 Å². The minimum Gasteiger partial charge on any atom is -0.355 e. The number of nitrogens with one attached hydrogen (secondary N) is 1. The third-order valence-corrected chi connectivity index (χ3v) is 4.70. The van der Waals surface area contributed by atoms with E-state index in [4.69, 9.17) is 5.26 Å². The Balaban J connectivity index is 1.64. The molecule has 1 unspecified atom stereocenters. The first kappa shape index (κ1) is 14.3. The van der Waals surface area contributed by atoms with Gasteiger partial charge in [-0.25, -0.2) is 0 Å². The highest BCUT2D eigenvalue weighted by Gasteiger charge is 2.44. The van der Waals surface area contributed by atoms with Crippen molar-refractivity contribution in [3.8, 4) is 6.07 Å². The number of likely N-dealkylation sites (tertiary alicyclic amines) is 1. The number of hydrogen-bond acceptors (Lipinski definition) is 3. The van der Waals surface area contributed by atoms with Crippen LogP contribution in [0.3, 0.4) is 0 Å². The lowest BCUT2D eigenvalue weighted by atomic mass is 9.69. The van der Waals surface area contributed by atoms with Gasteiger partial charge >= 0.3 is 0 Å². The summed E-state index contributed by atoms with van der Waals surface area (Å²) in [4.78, 5) is 14.5. The standard InChI is InChI=1S/C15H25N3O/c1-13-6-2-3-10-18(13)11-5-9-17-14(19)15(12-16)7-4-8-15/h13H,2-11H2,1H3,(H,17,19). The monoisotopic (exact) mass is 263 g/mol. The molecule has 19 heavy (non-hydrogen) atoms. The van der Waals surface area contributed by atoms with Crippen LogP contribution in [0.5, 0.6) is 0 Å². The first-order valence-electron chi connectivity index (χ1n) is 7.61. The molecule has 0 aromatic rings. The Kier molecular flexibility index (Phi) is 4.81. The second kappa shape index (κ2) is 6.38. The highest BCUT2D eigenvalue weighted by atomic mass is 16.2. The van der Waals surface area contributed by atoms with E-state index in [2.05, 4.69) is 23.2 Å². The van der Waals surface area contributed by atoms with Crippen molar-refractivity contribution in [1.82, 2.24) is 10.2 Å². The molecule has 2 fully saturated rings. The average Bonchev–Trinajstić information content (AvgIpc) is 2.36. The Labute approximate surface area is 116 Å². The molecule has 1 N–H and O–H groups in total.